The largest absolute Gasteiger partial charge is 0.367 e. The molecule has 1 N–H and O–H groups in total. The Labute approximate surface area is 108 Å². The molecule has 1 fully saturated rings. The van der Waals surface area contributed by atoms with Crippen molar-refractivity contribution in [3.63, 3.8) is 0 Å². The Bertz CT molecular complexity index is 562. The van der Waals surface area contributed by atoms with E-state index in [1.54, 1.807) is 0 Å². The van der Waals surface area contributed by atoms with Gasteiger partial charge in [0.1, 0.15) is 0 Å². The van der Waals surface area contributed by atoms with Crippen LogP contribution in [0.2, 0.25) is 0 Å². The normalized spacial score (nSPS) is 19.1. The van der Waals surface area contributed by atoms with E-state index < -0.39 is 0 Å². The summed E-state index contributed by atoms with van der Waals surface area (Å²) < 4.78 is 0. The Hall–Kier alpha value is -1.61. The third kappa shape index (κ3) is 2.18. The van der Waals surface area contributed by atoms with Crippen molar-refractivity contribution in [3.05, 3.63) is 36.5 Å². The summed E-state index contributed by atoms with van der Waals surface area (Å²) >= 11 is 0. The number of benzene rings is 1. The molecule has 1 aliphatic rings. The zero-order valence-corrected chi connectivity index (χ0v) is 11.0. The number of anilines is 1. The van der Waals surface area contributed by atoms with Crippen LogP contribution in [0.4, 0.5) is 5.69 Å². The first-order chi connectivity index (χ1) is 8.64. The average Bonchev–Trinajstić information content (AvgIpc) is 2.37. The Kier molecular flexibility index (Phi) is 2.71. The second-order valence-electron chi connectivity index (χ2n) is 5.62. The Morgan fingerprint density at radius 2 is 2.11 bits per heavy atom. The number of fused-ring (bicyclic) bond motifs is 1. The van der Waals surface area contributed by atoms with Gasteiger partial charge >= 0.3 is 0 Å². The number of hydrogen-bond donors (Lipinski definition) is 1. The molecular formula is C15H19N3. The SMILES string of the molecule is CC1(C)CN(c2cnc3ccccc3c2)CCN1. The highest BCUT2D eigenvalue weighted by molar-refractivity contribution is 5.81. The summed E-state index contributed by atoms with van der Waals surface area (Å²) in [6, 6.07) is 10.5. The van der Waals surface area contributed by atoms with Crippen molar-refractivity contribution < 1.29 is 0 Å². The summed E-state index contributed by atoms with van der Waals surface area (Å²) in [5.41, 5.74) is 2.46. The summed E-state index contributed by atoms with van der Waals surface area (Å²) in [6.45, 7) is 7.58. The standard InChI is InChI=1S/C15H19N3/c1-15(2)11-18(8-7-17-15)13-9-12-5-3-4-6-14(12)16-10-13/h3-6,9-10,17H,7-8,11H2,1-2H3. The first kappa shape index (κ1) is 11.5. The third-order valence-corrected chi connectivity index (χ3v) is 3.51. The van der Waals surface area contributed by atoms with Crippen molar-refractivity contribution in [1.82, 2.24) is 10.3 Å². The minimum atomic E-state index is 0.171. The van der Waals surface area contributed by atoms with Crippen LogP contribution in [0.5, 0.6) is 0 Å². The van der Waals surface area contributed by atoms with Crippen LogP contribution >= 0.6 is 0 Å². The molecule has 1 aromatic carbocycles. The lowest BCUT2D eigenvalue weighted by atomic mass is 10.0. The molecule has 18 heavy (non-hydrogen) atoms. The minimum Gasteiger partial charge on any atom is -0.367 e. The van der Waals surface area contributed by atoms with Gasteiger partial charge < -0.3 is 10.2 Å². The first-order valence-corrected chi connectivity index (χ1v) is 6.49. The fourth-order valence-electron chi connectivity index (χ4n) is 2.59. The van der Waals surface area contributed by atoms with Crippen LogP contribution in [-0.2, 0) is 0 Å². The summed E-state index contributed by atoms with van der Waals surface area (Å²) in [6.07, 6.45) is 1.99. The van der Waals surface area contributed by atoms with E-state index >= 15 is 0 Å². The molecule has 0 unspecified atom stereocenters. The van der Waals surface area contributed by atoms with Crippen molar-refractivity contribution in [2.24, 2.45) is 0 Å². The second-order valence-corrected chi connectivity index (χ2v) is 5.62. The van der Waals surface area contributed by atoms with Crippen LogP contribution in [0, 0.1) is 0 Å². The average molecular weight is 241 g/mol. The van der Waals surface area contributed by atoms with Gasteiger partial charge in [0.2, 0.25) is 0 Å². The Morgan fingerprint density at radius 1 is 1.28 bits per heavy atom. The number of hydrogen-bond acceptors (Lipinski definition) is 3. The van der Waals surface area contributed by atoms with E-state index in [1.165, 1.54) is 11.1 Å². The Morgan fingerprint density at radius 3 is 2.94 bits per heavy atom. The highest BCUT2D eigenvalue weighted by Gasteiger charge is 2.25. The van der Waals surface area contributed by atoms with E-state index in [9.17, 15) is 0 Å². The molecule has 0 bridgehead atoms. The van der Waals surface area contributed by atoms with Gasteiger partial charge in [-0.1, -0.05) is 18.2 Å². The fourth-order valence-corrected chi connectivity index (χ4v) is 2.59. The van der Waals surface area contributed by atoms with Crippen molar-refractivity contribution in [2.45, 2.75) is 19.4 Å². The molecule has 3 heteroatoms. The summed E-state index contributed by atoms with van der Waals surface area (Å²) in [7, 11) is 0. The molecule has 0 amide bonds. The van der Waals surface area contributed by atoms with Gasteiger partial charge in [0.15, 0.2) is 0 Å². The molecule has 3 nitrogen and oxygen atoms in total. The molecular weight excluding hydrogens is 222 g/mol. The number of rotatable bonds is 1. The van der Waals surface area contributed by atoms with Crippen molar-refractivity contribution >= 4 is 16.6 Å². The van der Waals surface area contributed by atoms with E-state index in [2.05, 4.69) is 53.3 Å². The topological polar surface area (TPSA) is 28.2 Å². The van der Waals surface area contributed by atoms with Crippen LogP contribution in [0.1, 0.15) is 13.8 Å². The lowest BCUT2D eigenvalue weighted by molar-refractivity contribution is 0.353. The minimum absolute atomic E-state index is 0.171. The van der Waals surface area contributed by atoms with Gasteiger partial charge in [-0.05, 0) is 26.0 Å². The van der Waals surface area contributed by atoms with Gasteiger partial charge in [0, 0.05) is 30.6 Å². The summed E-state index contributed by atoms with van der Waals surface area (Å²) in [4.78, 5) is 6.95. The van der Waals surface area contributed by atoms with Crippen molar-refractivity contribution in [1.29, 1.82) is 0 Å². The summed E-state index contributed by atoms with van der Waals surface area (Å²) in [5, 5.41) is 4.75. The van der Waals surface area contributed by atoms with Gasteiger partial charge in [-0.25, -0.2) is 0 Å². The van der Waals surface area contributed by atoms with Gasteiger partial charge in [0.05, 0.1) is 17.4 Å². The van der Waals surface area contributed by atoms with Crippen LogP contribution < -0.4 is 10.2 Å². The predicted molar refractivity (Wildman–Crippen MR) is 76.0 cm³/mol. The number of nitrogens with zero attached hydrogens (tertiary/aromatic N) is 2. The van der Waals surface area contributed by atoms with E-state index in [-0.39, 0.29) is 5.54 Å². The second kappa shape index (κ2) is 4.25. The number of aromatic nitrogens is 1. The van der Waals surface area contributed by atoms with Crippen LogP contribution in [0.3, 0.4) is 0 Å². The first-order valence-electron chi connectivity index (χ1n) is 6.49. The van der Waals surface area contributed by atoms with Crippen LogP contribution in [0.15, 0.2) is 36.5 Å². The zero-order valence-electron chi connectivity index (χ0n) is 11.0. The number of para-hydroxylation sites is 1. The highest BCUT2D eigenvalue weighted by atomic mass is 15.2. The molecule has 2 heterocycles. The zero-order chi connectivity index (χ0) is 12.6. The van der Waals surface area contributed by atoms with E-state index in [1.807, 2.05) is 12.3 Å². The van der Waals surface area contributed by atoms with E-state index in [0.717, 1.165) is 25.2 Å². The number of pyridine rings is 1. The molecule has 0 saturated carbocycles. The summed E-state index contributed by atoms with van der Waals surface area (Å²) in [5.74, 6) is 0. The Balaban J connectivity index is 1.94. The molecule has 1 aliphatic heterocycles. The van der Waals surface area contributed by atoms with Crippen LogP contribution in [-0.4, -0.2) is 30.2 Å². The fraction of sp³-hybridized carbons (Fsp3) is 0.400. The lowest BCUT2D eigenvalue weighted by Crippen LogP contribution is -2.57. The van der Waals surface area contributed by atoms with Crippen LogP contribution in [0.25, 0.3) is 10.9 Å². The maximum absolute atomic E-state index is 4.54. The van der Waals surface area contributed by atoms with E-state index in [0.29, 0.717) is 0 Å². The quantitative estimate of drug-likeness (QED) is 0.831. The number of piperazine rings is 1. The highest BCUT2D eigenvalue weighted by Crippen LogP contribution is 2.22. The molecule has 1 saturated heterocycles. The smallest absolute Gasteiger partial charge is 0.0703 e. The molecule has 0 radical (unpaired) electrons. The van der Waals surface area contributed by atoms with Crippen molar-refractivity contribution in [3.8, 4) is 0 Å². The monoisotopic (exact) mass is 241 g/mol. The maximum Gasteiger partial charge on any atom is 0.0703 e. The van der Waals surface area contributed by atoms with Gasteiger partial charge in [-0.3, -0.25) is 4.98 Å². The third-order valence-electron chi connectivity index (χ3n) is 3.51. The van der Waals surface area contributed by atoms with Gasteiger partial charge in [-0.2, -0.15) is 0 Å². The molecule has 0 atom stereocenters. The van der Waals surface area contributed by atoms with E-state index in [4.69, 9.17) is 0 Å². The van der Waals surface area contributed by atoms with Crippen molar-refractivity contribution in [2.75, 3.05) is 24.5 Å². The molecule has 0 aliphatic carbocycles. The number of nitrogens with one attached hydrogen (secondary N) is 1. The molecule has 0 spiro atoms. The molecule has 1 aromatic heterocycles. The lowest BCUT2D eigenvalue weighted by Gasteiger charge is -2.40. The molecule has 3 rings (SSSR count). The van der Waals surface area contributed by atoms with Gasteiger partial charge in [-0.15, -0.1) is 0 Å². The predicted octanol–water partition coefficient (Wildman–Crippen LogP) is 2.42. The maximum atomic E-state index is 4.54. The molecule has 2 aromatic rings. The molecule has 94 valence electrons. The van der Waals surface area contributed by atoms with Gasteiger partial charge in [0.25, 0.3) is 0 Å².